The molecular formula is C26H23FN4O3. The molecule has 3 aromatic carbocycles. The molecule has 34 heavy (non-hydrogen) atoms. The fraction of sp³-hybridized carbons (Fsp3) is 0.192. The van der Waals surface area contributed by atoms with Gasteiger partial charge >= 0.3 is 0 Å². The SMILES string of the molecule is O=C(c1ccc(N=Nc2c(O)[nH]c3ccccc23)cc1)N1CCC[C@@H]1COc1ccc(F)cc1. The second kappa shape index (κ2) is 9.35. The molecule has 0 bridgehead atoms. The third kappa shape index (κ3) is 4.47. The Balaban J connectivity index is 1.25. The van der Waals surface area contributed by atoms with Gasteiger partial charge in [0, 0.05) is 17.5 Å². The van der Waals surface area contributed by atoms with E-state index in [2.05, 4.69) is 15.2 Å². The lowest BCUT2D eigenvalue weighted by atomic mass is 10.1. The largest absolute Gasteiger partial charge is 0.493 e. The minimum Gasteiger partial charge on any atom is -0.493 e. The molecule has 1 amide bonds. The van der Waals surface area contributed by atoms with Crippen molar-refractivity contribution in [3.8, 4) is 11.6 Å². The number of nitrogens with one attached hydrogen (secondary N) is 1. The maximum atomic E-state index is 13.1. The van der Waals surface area contributed by atoms with E-state index in [4.69, 9.17) is 4.74 Å². The van der Waals surface area contributed by atoms with E-state index in [0.717, 1.165) is 23.7 Å². The number of aromatic nitrogens is 1. The van der Waals surface area contributed by atoms with Crippen molar-refractivity contribution in [2.24, 2.45) is 10.2 Å². The van der Waals surface area contributed by atoms with Crippen LogP contribution < -0.4 is 4.74 Å². The van der Waals surface area contributed by atoms with E-state index in [1.165, 1.54) is 12.1 Å². The molecule has 0 aliphatic carbocycles. The Morgan fingerprint density at radius 2 is 1.82 bits per heavy atom. The number of likely N-dealkylation sites (tertiary alicyclic amines) is 1. The highest BCUT2D eigenvalue weighted by Gasteiger charge is 2.30. The Bertz CT molecular complexity index is 1330. The normalized spacial score (nSPS) is 15.9. The average Bonchev–Trinajstić information content (AvgIpc) is 3.46. The molecule has 2 N–H and O–H groups in total. The lowest BCUT2D eigenvalue weighted by Crippen LogP contribution is -2.39. The van der Waals surface area contributed by atoms with Crippen molar-refractivity contribution in [2.75, 3.05) is 13.2 Å². The van der Waals surface area contributed by atoms with E-state index >= 15 is 0 Å². The molecule has 1 aromatic heterocycles. The van der Waals surface area contributed by atoms with Crippen molar-refractivity contribution < 1.29 is 19.0 Å². The molecule has 7 nitrogen and oxygen atoms in total. The first-order valence-corrected chi connectivity index (χ1v) is 11.1. The number of H-pyrrole nitrogens is 1. The number of halogens is 1. The van der Waals surface area contributed by atoms with E-state index in [-0.39, 0.29) is 23.6 Å². The van der Waals surface area contributed by atoms with E-state index in [1.54, 1.807) is 36.4 Å². The summed E-state index contributed by atoms with van der Waals surface area (Å²) in [6.07, 6.45) is 1.76. The van der Waals surface area contributed by atoms with Gasteiger partial charge in [-0.25, -0.2) is 4.39 Å². The van der Waals surface area contributed by atoms with Crippen LogP contribution in [0.3, 0.4) is 0 Å². The summed E-state index contributed by atoms with van der Waals surface area (Å²) < 4.78 is 18.9. The van der Waals surface area contributed by atoms with Crippen LogP contribution in [0.15, 0.2) is 83.0 Å². The minimum atomic E-state index is -0.314. The molecule has 172 valence electrons. The molecule has 8 heteroatoms. The Kier molecular flexibility index (Phi) is 5.95. The van der Waals surface area contributed by atoms with Gasteiger partial charge in [0.2, 0.25) is 5.88 Å². The summed E-state index contributed by atoms with van der Waals surface area (Å²) in [4.78, 5) is 17.8. The number of carbonyl (C=O) groups excluding carboxylic acids is 1. The number of para-hydroxylation sites is 1. The molecule has 5 rings (SSSR count). The first-order valence-electron chi connectivity index (χ1n) is 11.1. The Morgan fingerprint density at radius 1 is 1.06 bits per heavy atom. The number of ether oxygens (including phenoxy) is 1. The van der Waals surface area contributed by atoms with Gasteiger partial charge in [0.25, 0.3) is 5.91 Å². The third-order valence-electron chi connectivity index (χ3n) is 5.93. The van der Waals surface area contributed by atoms with E-state index in [0.29, 0.717) is 35.8 Å². The van der Waals surface area contributed by atoms with Crippen molar-refractivity contribution >= 4 is 28.2 Å². The number of benzene rings is 3. The van der Waals surface area contributed by atoms with Crippen LogP contribution in [-0.2, 0) is 0 Å². The van der Waals surface area contributed by atoms with E-state index < -0.39 is 0 Å². The van der Waals surface area contributed by atoms with Crippen LogP contribution in [0.1, 0.15) is 23.2 Å². The van der Waals surface area contributed by atoms with Crippen molar-refractivity contribution in [2.45, 2.75) is 18.9 Å². The number of amides is 1. The summed E-state index contributed by atoms with van der Waals surface area (Å²) in [5.41, 5.74) is 2.27. The number of hydrogen-bond acceptors (Lipinski definition) is 5. The van der Waals surface area contributed by atoms with Gasteiger partial charge in [-0.15, -0.1) is 5.11 Å². The molecule has 4 aromatic rings. The summed E-state index contributed by atoms with van der Waals surface area (Å²) >= 11 is 0. The molecule has 0 radical (unpaired) electrons. The third-order valence-corrected chi connectivity index (χ3v) is 5.93. The highest BCUT2D eigenvalue weighted by molar-refractivity contribution is 5.95. The maximum absolute atomic E-state index is 13.1. The predicted molar refractivity (Wildman–Crippen MR) is 127 cm³/mol. The van der Waals surface area contributed by atoms with Crippen molar-refractivity contribution in [1.29, 1.82) is 0 Å². The molecule has 0 saturated carbocycles. The molecule has 1 fully saturated rings. The van der Waals surface area contributed by atoms with Gasteiger partial charge in [0.15, 0.2) is 5.69 Å². The van der Waals surface area contributed by atoms with E-state index in [1.807, 2.05) is 29.2 Å². The number of fused-ring (bicyclic) bond motifs is 1. The number of aromatic hydroxyl groups is 1. The number of carbonyl (C=O) groups is 1. The second-order valence-corrected chi connectivity index (χ2v) is 8.17. The number of aromatic amines is 1. The van der Waals surface area contributed by atoms with Gasteiger partial charge in [-0.2, -0.15) is 5.11 Å². The first-order chi connectivity index (χ1) is 16.6. The number of nitrogens with zero attached hydrogens (tertiary/aromatic N) is 3. The topological polar surface area (TPSA) is 90.3 Å². The average molecular weight is 458 g/mol. The van der Waals surface area contributed by atoms with Crippen LogP contribution in [0, 0.1) is 5.82 Å². The molecule has 1 atom stereocenters. The molecule has 2 heterocycles. The summed E-state index contributed by atoms with van der Waals surface area (Å²) in [6, 6.07) is 20.2. The zero-order chi connectivity index (χ0) is 23.5. The molecule has 0 unspecified atom stereocenters. The monoisotopic (exact) mass is 458 g/mol. The van der Waals surface area contributed by atoms with Crippen LogP contribution in [0.5, 0.6) is 11.6 Å². The summed E-state index contributed by atoms with van der Waals surface area (Å²) in [6.45, 7) is 1.02. The molecular weight excluding hydrogens is 435 g/mol. The zero-order valence-electron chi connectivity index (χ0n) is 18.3. The van der Waals surface area contributed by atoms with Gasteiger partial charge in [-0.05, 0) is 67.4 Å². The lowest BCUT2D eigenvalue weighted by Gasteiger charge is -2.25. The van der Waals surface area contributed by atoms with Gasteiger partial charge in [0.1, 0.15) is 18.2 Å². The van der Waals surface area contributed by atoms with Crippen LogP contribution >= 0.6 is 0 Å². The van der Waals surface area contributed by atoms with Gasteiger partial charge in [0.05, 0.1) is 17.2 Å². The lowest BCUT2D eigenvalue weighted by molar-refractivity contribution is 0.0691. The fourth-order valence-electron chi connectivity index (χ4n) is 4.16. The zero-order valence-corrected chi connectivity index (χ0v) is 18.3. The van der Waals surface area contributed by atoms with Crippen LogP contribution in [0.25, 0.3) is 10.9 Å². The predicted octanol–water partition coefficient (Wildman–Crippen LogP) is 6.11. The smallest absolute Gasteiger partial charge is 0.254 e. The summed E-state index contributed by atoms with van der Waals surface area (Å²) in [5.74, 6) is 0.158. The Labute approximate surface area is 195 Å². The minimum absolute atomic E-state index is 0.0400. The highest BCUT2D eigenvalue weighted by atomic mass is 19.1. The van der Waals surface area contributed by atoms with Gasteiger partial charge in [-0.3, -0.25) is 4.79 Å². The summed E-state index contributed by atoms with van der Waals surface area (Å²) in [5, 5.41) is 19.3. The highest BCUT2D eigenvalue weighted by Crippen LogP contribution is 2.36. The number of hydrogen-bond donors (Lipinski definition) is 2. The Hall–Kier alpha value is -4.20. The Morgan fingerprint density at radius 3 is 2.62 bits per heavy atom. The van der Waals surface area contributed by atoms with Crippen LogP contribution in [0.4, 0.5) is 15.8 Å². The van der Waals surface area contributed by atoms with Gasteiger partial charge < -0.3 is 19.7 Å². The van der Waals surface area contributed by atoms with Crippen molar-refractivity contribution in [3.05, 3.63) is 84.2 Å². The second-order valence-electron chi connectivity index (χ2n) is 8.17. The first kappa shape index (κ1) is 21.6. The van der Waals surface area contributed by atoms with Gasteiger partial charge in [-0.1, -0.05) is 18.2 Å². The van der Waals surface area contributed by atoms with Crippen LogP contribution in [-0.4, -0.2) is 40.1 Å². The summed E-state index contributed by atoms with van der Waals surface area (Å²) in [7, 11) is 0. The molecule has 0 spiro atoms. The number of rotatable bonds is 6. The van der Waals surface area contributed by atoms with Crippen molar-refractivity contribution in [1.82, 2.24) is 9.88 Å². The molecule has 1 saturated heterocycles. The quantitative estimate of drug-likeness (QED) is 0.342. The number of azo groups is 1. The maximum Gasteiger partial charge on any atom is 0.254 e. The van der Waals surface area contributed by atoms with Crippen LogP contribution in [0.2, 0.25) is 0 Å². The fourth-order valence-corrected chi connectivity index (χ4v) is 4.16. The van der Waals surface area contributed by atoms with Crippen molar-refractivity contribution in [3.63, 3.8) is 0 Å². The standard InChI is InChI=1S/C26H23FN4O3/c27-18-9-13-21(14-10-18)34-16-20-4-3-15-31(20)26(33)17-7-11-19(12-8-17)29-30-24-22-5-1-2-6-23(22)28-25(24)32/h1-2,5-14,20,28,32H,3-4,15-16H2/t20-/m1/s1. The molecule has 1 aliphatic rings. The van der Waals surface area contributed by atoms with E-state index in [9.17, 15) is 14.3 Å². The molecule has 1 aliphatic heterocycles.